The lowest BCUT2D eigenvalue weighted by Crippen LogP contribution is -2.37. The number of quaternary nitrogens is 1. The van der Waals surface area contributed by atoms with Crippen LogP contribution in [0.4, 0.5) is 5.69 Å². The molecule has 0 aromatic heterocycles. The van der Waals surface area contributed by atoms with Gasteiger partial charge in [-0.3, -0.25) is 14.8 Å². The molecule has 0 bridgehead atoms. The monoisotopic (exact) mass is 651 g/mol. The molecular formula is C34H63BN3O6P. The predicted molar refractivity (Wildman–Crippen MR) is 186 cm³/mol. The van der Waals surface area contributed by atoms with Crippen LogP contribution in [0.5, 0.6) is 0 Å². The van der Waals surface area contributed by atoms with Gasteiger partial charge in [0.2, 0.25) is 5.91 Å². The number of hydrogen-bond acceptors (Lipinski definition) is 7. The normalized spacial score (nSPS) is 12.9. The number of rotatable bonds is 31. The third-order valence-electron chi connectivity index (χ3n) is 7.86. The molecule has 0 aliphatic carbocycles. The molecule has 11 heteroatoms. The van der Waals surface area contributed by atoms with E-state index in [4.69, 9.17) is 19.1 Å². The molecule has 9 nitrogen and oxygen atoms in total. The third-order valence-corrected chi connectivity index (χ3v) is 8.86. The predicted octanol–water partition coefficient (Wildman–Crippen LogP) is 7.79. The van der Waals surface area contributed by atoms with E-state index in [-0.39, 0.29) is 19.1 Å². The Bertz CT molecular complexity index is 930. The number of nitrogens with zero attached hydrogens (tertiary/aromatic N) is 1. The summed E-state index contributed by atoms with van der Waals surface area (Å²) in [7, 11) is 2.30. The Morgan fingerprint density at radius 1 is 0.800 bits per heavy atom. The molecule has 1 aromatic rings. The van der Waals surface area contributed by atoms with Crippen molar-refractivity contribution in [2.24, 2.45) is 0 Å². The van der Waals surface area contributed by atoms with Crippen molar-refractivity contribution >= 4 is 33.3 Å². The van der Waals surface area contributed by atoms with Crippen LogP contribution in [0.2, 0.25) is 6.32 Å². The molecule has 0 saturated heterocycles. The van der Waals surface area contributed by atoms with Crippen LogP contribution < -0.4 is 10.2 Å². The lowest BCUT2D eigenvalue weighted by Gasteiger charge is -2.27. The average Bonchev–Trinajstić information content (AvgIpc) is 2.98. The fourth-order valence-electron chi connectivity index (χ4n) is 5.05. The molecule has 1 amide bonds. The standard InChI is InChI=1S/C34H63BN3O6P/c1-38(2,3)28-30-44-45(40,41)43-29-19-17-15-13-11-9-7-5-4-6-8-10-12-14-16-18-21-32-23-25-33(26-24-32)37-34(39)22-20-27-35-42-31-36/h23-26,31,35-36H,4-22,27-30H2,1-3H3,(H-,37,39,40,41). The molecule has 0 heterocycles. The number of hydrogen-bond donors (Lipinski definition) is 2. The minimum atomic E-state index is -4.16. The van der Waals surface area contributed by atoms with E-state index < -0.39 is 7.82 Å². The lowest BCUT2D eigenvalue weighted by molar-refractivity contribution is -0.870. The summed E-state index contributed by atoms with van der Waals surface area (Å²) in [6.07, 6.45) is 23.9. The van der Waals surface area contributed by atoms with Crippen molar-refractivity contribution in [3.8, 4) is 0 Å². The summed E-state index contributed by atoms with van der Waals surface area (Å²) < 4.78 is 27.2. The van der Waals surface area contributed by atoms with Gasteiger partial charge in [0.05, 0.1) is 27.7 Å². The van der Waals surface area contributed by atoms with Crippen molar-refractivity contribution < 1.29 is 32.4 Å². The van der Waals surface area contributed by atoms with Gasteiger partial charge in [-0.2, -0.15) is 0 Å². The molecule has 258 valence electrons. The molecule has 1 unspecified atom stereocenters. The SMILES string of the molecule is C[N+](C)(C)CCOP(=O)([O-])OCCCCCCCCCCCCCCCCCCc1ccc(NC(=O)CCCBOC=N)cc1. The molecular weight excluding hydrogens is 588 g/mol. The smallest absolute Gasteiger partial charge is 0.341 e. The first-order valence-electron chi connectivity index (χ1n) is 17.5. The minimum Gasteiger partial charge on any atom is -0.756 e. The molecule has 0 spiro atoms. The van der Waals surface area contributed by atoms with Crippen molar-refractivity contribution in [2.75, 3.05) is 46.2 Å². The molecule has 2 N–H and O–H groups in total. The topological polar surface area (TPSA) is 121 Å². The fourth-order valence-corrected chi connectivity index (χ4v) is 5.79. The van der Waals surface area contributed by atoms with Crippen LogP contribution in [0.15, 0.2) is 24.3 Å². The van der Waals surface area contributed by atoms with E-state index in [1.165, 1.54) is 89.0 Å². The second kappa shape index (κ2) is 26.4. The number of carbonyl (C=O) groups is 1. The Morgan fingerprint density at radius 2 is 1.29 bits per heavy atom. The zero-order valence-electron chi connectivity index (χ0n) is 28.7. The lowest BCUT2D eigenvalue weighted by atomic mass is 9.92. The Labute approximate surface area is 275 Å². The quantitative estimate of drug-likeness (QED) is 0.0211. The number of carbonyl (C=O) groups excluding carboxylic acids is 1. The third kappa shape index (κ3) is 27.1. The Kier molecular flexibility index (Phi) is 24.2. The number of nitrogens with one attached hydrogen (secondary N) is 2. The van der Waals surface area contributed by atoms with E-state index in [1.54, 1.807) is 0 Å². The number of likely N-dealkylation sites (N-methyl/N-ethyl adjacent to an activating group) is 1. The summed E-state index contributed by atoms with van der Waals surface area (Å²) in [6.45, 7) is 0.990. The second-order valence-corrected chi connectivity index (χ2v) is 14.6. The zero-order chi connectivity index (χ0) is 33.1. The van der Waals surface area contributed by atoms with E-state index in [0.717, 1.165) is 50.5 Å². The maximum Gasteiger partial charge on any atom is 0.341 e. The van der Waals surface area contributed by atoms with Gasteiger partial charge in [0.15, 0.2) is 0 Å². The van der Waals surface area contributed by atoms with E-state index in [0.29, 0.717) is 24.9 Å². The molecule has 0 aliphatic rings. The maximum absolute atomic E-state index is 12.0. The average molecular weight is 652 g/mol. The molecule has 1 atom stereocenters. The van der Waals surface area contributed by atoms with E-state index in [2.05, 4.69) is 17.4 Å². The van der Waals surface area contributed by atoms with Crippen LogP contribution >= 0.6 is 7.82 Å². The summed E-state index contributed by atoms with van der Waals surface area (Å²) in [5.74, 6) is 0.0237. The van der Waals surface area contributed by atoms with Gasteiger partial charge in [0, 0.05) is 12.1 Å². The minimum absolute atomic E-state index is 0.0237. The Balaban J connectivity index is 1.85. The van der Waals surface area contributed by atoms with Crippen molar-refractivity contribution in [3.63, 3.8) is 0 Å². The molecule has 0 fully saturated rings. The molecule has 0 radical (unpaired) electrons. The van der Waals surface area contributed by atoms with Gasteiger partial charge in [0.25, 0.3) is 7.82 Å². The van der Waals surface area contributed by atoms with E-state index >= 15 is 0 Å². The first-order chi connectivity index (χ1) is 21.6. The summed E-state index contributed by atoms with van der Waals surface area (Å²) in [5, 5.41) is 9.76. The molecule has 45 heavy (non-hydrogen) atoms. The number of benzene rings is 1. The van der Waals surface area contributed by atoms with Crippen LogP contribution in [0.1, 0.15) is 121 Å². The Hall–Kier alpha value is -1.71. The van der Waals surface area contributed by atoms with Crippen molar-refractivity contribution in [2.45, 2.75) is 128 Å². The highest BCUT2D eigenvalue weighted by Crippen LogP contribution is 2.38. The van der Waals surface area contributed by atoms with Gasteiger partial charge in [-0.1, -0.05) is 102 Å². The fraction of sp³-hybridized carbons (Fsp3) is 0.765. The zero-order valence-corrected chi connectivity index (χ0v) is 29.6. The molecule has 1 rings (SSSR count). The van der Waals surface area contributed by atoms with Crippen molar-refractivity contribution in [3.05, 3.63) is 29.8 Å². The highest BCUT2D eigenvalue weighted by molar-refractivity contribution is 7.45. The number of phosphoric acid groups is 1. The Morgan fingerprint density at radius 3 is 1.80 bits per heavy atom. The van der Waals surface area contributed by atoms with Gasteiger partial charge in [-0.15, -0.1) is 0 Å². The molecule has 0 aliphatic heterocycles. The number of anilines is 1. The van der Waals surface area contributed by atoms with Crippen LogP contribution in [0.25, 0.3) is 0 Å². The highest BCUT2D eigenvalue weighted by atomic mass is 31.2. The second-order valence-electron chi connectivity index (χ2n) is 13.2. The van der Waals surface area contributed by atoms with Crippen molar-refractivity contribution in [1.29, 1.82) is 5.41 Å². The number of amides is 1. The first-order valence-corrected chi connectivity index (χ1v) is 19.0. The summed E-state index contributed by atoms with van der Waals surface area (Å²) in [6, 6.07) is 8.23. The van der Waals surface area contributed by atoms with Crippen LogP contribution in [-0.2, 0) is 29.5 Å². The van der Waals surface area contributed by atoms with Gasteiger partial charge < -0.3 is 28.4 Å². The van der Waals surface area contributed by atoms with Gasteiger partial charge >= 0.3 is 7.48 Å². The number of aryl methyl sites for hydroxylation is 1. The molecule has 1 aromatic carbocycles. The van der Waals surface area contributed by atoms with Gasteiger partial charge in [0.1, 0.15) is 19.6 Å². The van der Waals surface area contributed by atoms with Crippen LogP contribution in [0.3, 0.4) is 0 Å². The van der Waals surface area contributed by atoms with E-state index in [9.17, 15) is 14.3 Å². The number of phosphoric ester groups is 1. The van der Waals surface area contributed by atoms with Gasteiger partial charge in [-0.05, 0) is 49.7 Å². The van der Waals surface area contributed by atoms with Crippen LogP contribution in [-0.4, -0.2) is 65.2 Å². The highest BCUT2D eigenvalue weighted by Gasteiger charge is 2.13. The largest absolute Gasteiger partial charge is 0.756 e. The van der Waals surface area contributed by atoms with Crippen LogP contribution in [0, 0.1) is 5.41 Å². The number of unbranched alkanes of at least 4 members (excludes halogenated alkanes) is 15. The van der Waals surface area contributed by atoms with Crippen molar-refractivity contribution in [1.82, 2.24) is 0 Å². The van der Waals surface area contributed by atoms with Gasteiger partial charge in [-0.25, -0.2) is 0 Å². The van der Waals surface area contributed by atoms with E-state index in [1.807, 2.05) is 33.3 Å². The maximum atomic E-state index is 12.0. The summed E-state index contributed by atoms with van der Waals surface area (Å²) in [4.78, 5) is 23.8. The first kappa shape index (κ1) is 41.3. The summed E-state index contributed by atoms with van der Waals surface area (Å²) in [5.41, 5.74) is 2.18. The summed E-state index contributed by atoms with van der Waals surface area (Å²) >= 11 is 0. The molecule has 0 saturated carbocycles.